The molecule has 0 aliphatic rings. The molecule has 120 valence electrons. The van der Waals surface area contributed by atoms with E-state index in [0.717, 1.165) is 4.47 Å². The van der Waals surface area contributed by atoms with E-state index in [2.05, 4.69) is 47.8 Å². The number of phenolic OH excluding ortho intramolecular Hbond substituents is 1. The summed E-state index contributed by atoms with van der Waals surface area (Å²) in [4.78, 5) is 12.3. The number of rotatable bonds is 1. The van der Waals surface area contributed by atoms with Gasteiger partial charge >= 0.3 is 0 Å². The number of fused-ring (bicyclic) bond motifs is 1. The van der Waals surface area contributed by atoms with Crippen LogP contribution in [0.1, 0.15) is 13.8 Å². The van der Waals surface area contributed by atoms with Crippen molar-refractivity contribution in [2.45, 2.75) is 13.8 Å². The third kappa shape index (κ3) is 3.87. The van der Waals surface area contributed by atoms with Gasteiger partial charge in [0.1, 0.15) is 11.5 Å². The molecule has 23 heavy (non-hydrogen) atoms. The average Bonchev–Trinajstić information content (AvgIpc) is 2.53. The van der Waals surface area contributed by atoms with Gasteiger partial charge in [0.25, 0.3) is 0 Å². The molecule has 0 bridgehead atoms. The molecule has 1 N–H and O–H groups in total. The van der Waals surface area contributed by atoms with E-state index in [9.17, 15) is 9.90 Å². The molecule has 6 heteroatoms. The topological polar surface area (TPSA) is 50.4 Å². The predicted molar refractivity (Wildman–Crippen MR) is 104 cm³/mol. The van der Waals surface area contributed by atoms with E-state index in [0.29, 0.717) is 31.2 Å². The lowest BCUT2D eigenvalue weighted by Crippen LogP contribution is -2.00. The summed E-state index contributed by atoms with van der Waals surface area (Å²) in [5, 5.41) is 10.0. The normalized spacial score (nSPS) is 10.3. The monoisotopic (exact) mass is 502 g/mol. The smallest absolute Gasteiger partial charge is 0.193 e. The van der Waals surface area contributed by atoms with E-state index in [1.165, 1.54) is 6.07 Å². The van der Waals surface area contributed by atoms with Gasteiger partial charge in [-0.1, -0.05) is 29.8 Å². The number of hydrogen-bond acceptors (Lipinski definition) is 3. The predicted octanol–water partition coefficient (Wildman–Crippen LogP) is 6.48. The SMILES string of the molecule is CC.O=c1cc(-c2ccc(O)c(Br)c2)oc2c(Br)cc(Br)cc12. The van der Waals surface area contributed by atoms with E-state index < -0.39 is 0 Å². The minimum Gasteiger partial charge on any atom is -0.507 e. The number of phenols is 1. The van der Waals surface area contributed by atoms with Gasteiger partial charge in [0.05, 0.1) is 14.3 Å². The first kappa shape index (κ1) is 18.2. The summed E-state index contributed by atoms with van der Waals surface area (Å²) in [6.45, 7) is 4.00. The molecular formula is C17H13Br3O3. The third-order valence-corrected chi connectivity index (χ3v) is 4.66. The lowest BCUT2D eigenvalue weighted by Gasteiger charge is -2.06. The highest BCUT2D eigenvalue weighted by atomic mass is 79.9. The van der Waals surface area contributed by atoms with Crippen molar-refractivity contribution in [3.8, 4) is 17.1 Å². The van der Waals surface area contributed by atoms with Crippen LogP contribution in [0.25, 0.3) is 22.3 Å². The second-order valence-electron chi connectivity index (χ2n) is 4.41. The molecule has 0 saturated heterocycles. The summed E-state index contributed by atoms with van der Waals surface area (Å²) < 4.78 is 7.88. The Kier molecular flexibility index (Phi) is 6.06. The Morgan fingerprint density at radius 1 is 0.957 bits per heavy atom. The van der Waals surface area contributed by atoms with Crippen LogP contribution in [0.2, 0.25) is 0 Å². The summed E-state index contributed by atoms with van der Waals surface area (Å²) in [6.07, 6.45) is 0. The van der Waals surface area contributed by atoms with Crippen LogP contribution in [0.4, 0.5) is 0 Å². The van der Waals surface area contributed by atoms with Crippen LogP contribution in [-0.2, 0) is 0 Å². The first-order valence-corrected chi connectivity index (χ1v) is 9.25. The highest BCUT2D eigenvalue weighted by Crippen LogP contribution is 2.33. The highest BCUT2D eigenvalue weighted by Gasteiger charge is 2.11. The fourth-order valence-electron chi connectivity index (χ4n) is 1.99. The van der Waals surface area contributed by atoms with Crippen molar-refractivity contribution in [3.63, 3.8) is 0 Å². The molecule has 3 rings (SSSR count). The van der Waals surface area contributed by atoms with Crippen molar-refractivity contribution in [2.75, 3.05) is 0 Å². The lowest BCUT2D eigenvalue weighted by atomic mass is 10.1. The van der Waals surface area contributed by atoms with Crippen molar-refractivity contribution < 1.29 is 9.52 Å². The molecule has 0 amide bonds. The summed E-state index contributed by atoms with van der Waals surface area (Å²) in [7, 11) is 0. The van der Waals surface area contributed by atoms with Crippen molar-refractivity contribution in [1.29, 1.82) is 0 Å². The fourth-order valence-corrected chi connectivity index (χ4v) is 3.67. The molecule has 1 aromatic heterocycles. The van der Waals surface area contributed by atoms with Crippen molar-refractivity contribution in [2.24, 2.45) is 0 Å². The molecule has 3 aromatic rings. The van der Waals surface area contributed by atoms with Crippen LogP contribution in [-0.4, -0.2) is 5.11 Å². The average molecular weight is 505 g/mol. The zero-order chi connectivity index (χ0) is 17.1. The lowest BCUT2D eigenvalue weighted by molar-refractivity contribution is 0.472. The van der Waals surface area contributed by atoms with Crippen LogP contribution in [0, 0.1) is 0 Å². The van der Waals surface area contributed by atoms with Gasteiger partial charge in [0, 0.05) is 16.1 Å². The standard InChI is InChI=1S/C15H7Br3O3.C2H6/c16-8-4-9-13(20)6-14(21-15(9)11(18)5-8)7-1-2-12(19)10(17)3-7;1-2/h1-6,19H;1-2H3. The van der Waals surface area contributed by atoms with Crippen molar-refractivity contribution in [1.82, 2.24) is 0 Å². The van der Waals surface area contributed by atoms with Crippen LogP contribution in [0.5, 0.6) is 5.75 Å². The molecule has 2 aromatic carbocycles. The van der Waals surface area contributed by atoms with Crippen LogP contribution in [0.15, 0.2) is 59.0 Å². The molecule has 3 nitrogen and oxygen atoms in total. The molecule has 1 heterocycles. The van der Waals surface area contributed by atoms with Gasteiger partial charge in [-0.25, -0.2) is 0 Å². The Hall–Kier alpha value is -1.11. The van der Waals surface area contributed by atoms with Gasteiger partial charge < -0.3 is 9.52 Å². The fraction of sp³-hybridized carbons (Fsp3) is 0.118. The van der Waals surface area contributed by atoms with E-state index in [4.69, 9.17) is 4.42 Å². The Morgan fingerprint density at radius 3 is 2.30 bits per heavy atom. The second kappa shape index (κ2) is 7.64. The van der Waals surface area contributed by atoms with Crippen LogP contribution >= 0.6 is 47.8 Å². The highest BCUT2D eigenvalue weighted by molar-refractivity contribution is 9.11. The molecular weight excluding hydrogens is 492 g/mol. The minimum atomic E-state index is -0.127. The Balaban J connectivity index is 0.000000924. The molecule has 0 fully saturated rings. The first-order valence-electron chi connectivity index (χ1n) is 6.87. The van der Waals surface area contributed by atoms with Gasteiger partial charge in [-0.3, -0.25) is 4.79 Å². The molecule has 0 aliphatic heterocycles. The van der Waals surface area contributed by atoms with E-state index in [1.54, 1.807) is 24.3 Å². The maximum atomic E-state index is 12.3. The number of hydrogen-bond donors (Lipinski definition) is 1. The number of halogens is 3. The van der Waals surface area contributed by atoms with E-state index in [1.807, 2.05) is 19.9 Å². The largest absolute Gasteiger partial charge is 0.507 e. The first-order chi connectivity index (χ1) is 11.0. The summed E-state index contributed by atoms with van der Waals surface area (Å²) in [5.74, 6) is 0.572. The van der Waals surface area contributed by atoms with Crippen molar-refractivity contribution >= 4 is 58.8 Å². The van der Waals surface area contributed by atoms with Gasteiger partial charge in [-0.05, 0) is 62.2 Å². The molecule has 0 radical (unpaired) electrons. The maximum absolute atomic E-state index is 12.3. The Bertz CT molecular complexity index is 917. The van der Waals surface area contributed by atoms with Crippen LogP contribution < -0.4 is 5.43 Å². The quantitative estimate of drug-likeness (QED) is 0.412. The van der Waals surface area contributed by atoms with E-state index in [-0.39, 0.29) is 11.2 Å². The van der Waals surface area contributed by atoms with Crippen LogP contribution in [0.3, 0.4) is 0 Å². The zero-order valence-corrected chi connectivity index (χ0v) is 17.1. The number of aromatic hydroxyl groups is 1. The third-order valence-electron chi connectivity index (χ3n) is 2.98. The minimum absolute atomic E-state index is 0.127. The Morgan fingerprint density at radius 2 is 1.65 bits per heavy atom. The summed E-state index contributed by atoms with van der Waals surface area (Å²) in [6, 6.07) is 9.92. The summed E-state index contributed by atoms with van der Waals surface area (Å²) >= 11 is 10.0. The van der Waals surface area contributed by atoms with Gasteiger partial charge in [0.15, 0.2) is 11.0 Å². The molecule has 0 aliphatic carbocycles. The van der Waals surface area contributed by atoms with Gasteiger partial charge in [-0.15, -0.1) is 0 Å². The molecule has 0 saturated carbocycles. The maximum Gasteiger partial charge on any atom is 0.193 e. The summed E-state index contributed by atoms with van der Waals surface area (Å²) in [5.41, 5.74) is 1.07. The molecule has 0 unspecified atom stereocenters. The van der Waals surface area contributed by atoms with Gasteiger partial charge in [-0.2, -0.15) is 0 Å². The molecule has 0 spiro atoms. The van der Waals surface area contributed by atoms with Crippen molar-refractivity contribution in [3.05, 3.63) is 60.0 Å². The second-order valence-corrected chi connectivity index (χ2v) is 7.03. The van der Waals surface area contributed by atoms with Gasteiger partial charge in [0.2, 0.25) is 0 Å². The number of benzene rings is 2. The molecule has 0 atom stereocenters. The Labute approximate surface area is 158 Å². The zero-order valence-electron chi connectivity index (χ0n) is 12.4. The van der Waals surface area contributed by atoms with E-state index >= 15 is 0 Å².